The maximum Gasteiger partial charge on any atom is 0.311 e. The minimum atomic E-state index is -0.456. The second-order valence-corrected chi connectivity index (χ2v) is 3.69. The smallest absolute Gasteiger partial charge is 0.311 e. The molecule has 0 aliphatic carbocycles. The van der Waals surface area contributed by atoms with Gasteiger partial charge in [0.2, 0.25) is 11.7 Å². The zero-order chi connectivity index (χ0) is 12.3. The normalized spacial score (nSPS) is 16.2. The molecule has 0 radical (unpaired) electrons. The standard InChI is InChI=1S/C10H12N4O3/c15-9-3-6-13(7-5-11-9)10-8(14(16)17)2-1-4-12-10/h1-2,4H,3,5-7H2,(H,11,15). The SMILES string of the molecule is O=C1CCN(c2ncccc2[N+](=O)[O-])CCN1. The Hall–Kier alpha value is -2.18. The van der Waals surface area contributed by atoms with Crippen LogP contribution in [-0.2, 0) is 4.79 Å². The summed E-state index contributed by atoms with van der Waals surface area (Å²) in [5.41, 5.74) is -0.0261. The van der Waals surface area contributed by atoms with Gasteiger partial charge in [-0.15, -0.1) is 0 Å². The number of aromatic nitrogens is 1. The van der Waals surface area contributed by atoms with Gasteiger partial charge in [-0.2, -0.15) is 0 Å². The summed E-state index contributed by atoms with van der Waals surface area (Å²) >= 11 is 0. The van der Waals surface area contributed by atoms with Crippen LogP contribution in [-0.4, -0.2) is 35.4 Å². The van der Waals surface area contributed by atoms with Crippen LogP contribution in [0.15, 0.2) is 18.3 Å². The number of carbonyl (C=O) groups is 1. The predicted molar refractivity (Wildman–Crippen MR) is 60.7 cm³/mol. The minimum Gasteiger partial charge on any atom is -0.354 e. The Morgan fingerprint density at radius 1 is 1.47 bits per heavy atom. The van der Waals surface area contributed by atoms with Crippen molar-refractivity contribution in [2.45, 2.75) is 6.42 Å². The first-order valence-electron chi connectivity index (χ1n) is 5.29. The first-order valence-corrected chi connectivity index (χ1v) is 5.29. The third-order valence-electron chi connectivity index (χ3n) is 2.57. The molecule has 1 aliphatic rings. The molecule has 0 atom stereocenters. The van der Waals surface area contributed by atoms with Crippen molar-refractivity contribution in [3.63, 3.8) is 0 Å². The van der Waals surface area contributed by atoms with Crippen LogP contribution in [0.5, 0.6) is 0 Å². The molecule has 0 unspecified atom stereocenters. The average molecular weight is 236 g/mol. The highest BCUT2D eigenvalue weighted by Crippen LogP contribution is 2.24. The van der Waals surface area contributed by atoms with Gasteiger partial charge in [0.05, 0.1) is 4.92 Å². The van der Waals surface area contributed by atoms with Gasteiger partial charge in [-0.25, -0.2) is 4.98 Å². The summed E-state index contributed by atoms with van der Waals surface area (Å²) in [6, 6.07) is 2.95. The van der Waals surface area contributed by atoms with Crippen LogP contribution >= 0.6 is 0 Å². The first kappa shape index (κ1) is 11.3. The summed E-state index contributed by atoms with van der Waals surface area (Å²) in [7, 11) is 0. The molecule has 7 heteroatoms. The largest absolute Gasteiger partial charge is 0.354 e. The molecule has 17 heavy (non-hydrogen) atoms. The average Bonchev–Trinajstić information content (AvgIpc) is 2.54. The maximum atomic E-state index is 11.2. The molecule has 7 nitrogen and oxygen atoms in total. The number of nitro groups is 1. The highest BCUT2D eigenvalue weighted by molar-refractivity contribution is 5.77. The van der Waals surface area contributed by atoms with Gasteiger partial charge in [-0.3, -0.25) is 14.9 Å². The topological polar surface area (TPSA) is 88.4 Å². The van der Waals surface area contributed by atoms with Crippen molar-refractivity contribution in [1.82, 2.24) is 10.3 Å². The van der Waals surface area contributed by atoms with E-state index in [1.54, 1.807) is 4.90 Å². The van der Waals surface area contributed by atoms with Gasteiger partial charge in [0, 0.05) is 38.3 Å². The number of rotatable bonds is 2. The van der Waals surface area contributed by atoms with Gasteiger partial charge in [0.1, 0.15) is 0 Å². The van der Waals surface area contributed by atoms with E-state index in [1.165, 1.54) is 18.3 Å². The molecule has 2 heterocycles. The molecule has 1 aromatic heterocycles. The first-order chi connectivity index (χ1) is 8.18. The highest BCUT2D eigenvalue weighted by atomic mass is 16.6. The lowest BCUT2D eigenvalue weighted by Gasteiger charge is -2.19. The van der Waals surface area contributed by atoms with Crippen LogP contribution in [0, 0.1) is 10.1 Å². The Morgan fingerprint density at radius 2 is 2.29 bits per heavy atom. The molecule has 2 rings (SSSR count). The predicted octanol–water partition coefficient (Wildman–Crippen LogP) is 0.316. The van der Waals surface area contributed by atoms with E-state index in [0.717, 1.165) is 0 Å². The van der Waals surface area contributed by atoms with Crippen molar-refractivity contribution < 1.29 is 9.72 Å². The monoisotopic (exact) mass is 236 g/mol. The lowest BCUT2D eigenvalue weighted by molar-refractivity contribution is -0.384. The Morgan fingerprint density at radius 3 is 3.06 bits per heavy atom. The van der Waals surface area contributed by atoms with Crippen molar-refractivity contribution >= 4 is 17.4 Å². The molecule has 1 saturated heterocycles. The number of hydrogen-bond donors (Lipinski definition) is 1. The number of pyridine rings is 1. The molecule has 1 fully saturated rings. The van der Waals surface area contributed by atoms with E-state index in [9.17, 15) is 14.9 Å². The lowest BCUT2D eigenvalue weighted by atomic mass is 10.3. The van der Waals surface area contributed by atoms with E-state index in [4.69, 9.17) is 0 Å². The van der Waals surface area contributed by atoms with E-state index < -0.39 is 4.92 Å². The van der Waals surface area contributed by atoms with Gasteiger partial charge < -0.3 is 10.2 Å². The van der Waals surface area contributed by atoms with Crippen molar-refractivity contribution in [2.24, 2.45) is 0 Å². The Labute approximate surface area is 97.6 Å². The zero-order valence-electron chi connectivity index (χ0n) is 9.13. The molecule has 1 aliphatic heterocycles. The highest BCUT2D eigenvalue weighted by Gasteiger charge is 2.22. The molecular formula is C10H12N4O3. The third kappa shape index (κ3) is 2.49. The summed E-state index contributed by atoms with van der Waals surface area (Å²) in [5.74, 6) is 0.292. The molecule has 1 N–H and O–H groups in total. The molecule has 0 spiro atoms. The Bertz CT molecular complexity index is 449. The van der Waals surface area contributed by atoms with E-state index in [2.05, 4.69) is 10.3 Å². The van der Waals surface area contributed by atoms with Crippen LogP contribution in [0.25, 0.3) is 0 Å². The summed E-state index contributed by atoms with van der Waals surface area (Å²) in [5, 5.41) is 13.6. The van der Waals surface area contributed by atoms with Gasteiger partial charge in [0.15, 0.2) is 0 Å². The van der Waals surface area contributed by atoms with E-state index >= 15 is 0 Å². The van der Waals surface area contributed by atoms with Gasteiger partial charge in [-0.05, 0) is 6.07 Å². The molecule has 0 bridgehead atoms. The number of nitrogens with zero attached hydrogens (tertiary/aromatic N) is 3. The third-order valence-corrected chi connectivity index (χ3v) is 2.57. The van der Waals surface area contributed by atoms with Gasteiger partial charge >= 0.3 is 5.69 Å². The molecule has 0 aromatic carbocycles. The number of amides is 1. The fourth-order valence-electron chi connectivity index (χ4n) is 1.75. The fourth-order valence-corrected chi connectivity index (χ4v) is 1.75. The van der Waals surface area contributed by atoms with Crippen molar-refractivity contribution in [2.75, 3.05) is 24.5 Å². The molecular weight excluding hydrogens is 224 g/mol. The maximum absolute atomic E-state index is 11.2. The van der Waals surface area contributed by atoms with Crippen LogP contribution in [0.3, 0.4) is 0 Å². The van der Waals surface area contributed by atoms with Crippen molar-refractivity contribution in [3.8, 4) is 0 Å². The van der Waals surface area contributed by atoms with E-state index in [0.29, 0.717) is 31.9 Å². The minimum absolute atomic E-state index is 0.0261. The van der Waals surface area contributed by atoms with Gasteiger partial charge in [0.25, 0.3) is 0 Å². The second-order valence-electron chi connectivity index (χ2n) is 3.69. The van der Waals surface area contributed by atoms with Crippen molar-refractivity contribution in [1.29, 1.82) is 0 Å². The molecule has 0 saturated carbocycles. The molecule has 1 aromatic rings. The molecule has 90 valence electrons. The van der Waals surface area contributed by atoms with E-state index in [1.807, 2.05) is 0 Å². The number of hydrogen-bond acceptors (Lipinski definition) is 5. The summed E-state index contributed by atoms with van der Waals surface area (Å²) in [4.78, 5) is 27.4. The lowest BCUT2D eigenvalue weighted by Crippen LogP contribution is -2.29. The van der Waals surface area contributed by atoms with Crippen molar-refractivity contribution in [3.05, 3.63) is 28.4 Å². The summed E-state index contributed by atoms with van der Waals surface area (Å²) in [6.07, 6.45) is 1.84. The zero-order valence-corrected chi connectivity index (χ0v) is 9.13. The molecule has 1 amide bonds. The van der Waals surface area contributed by atoms with Gasteiger partial charge in [-0.1, -0.05) is 0 Å². The number of carbonyl (C=O) groups excluding carboxylic acids is 1. The summed E-state index contributed by atoms with van der Waals surface area (Å²) < 4.78 is 0. The van der Waals surface area contributed by atoms with Crippen LogP contribution in [0.4, 0.5) is 11.5 Å². The Balaban J connectivity index is 2.26. The second kappa shape index (κ2) is 4.77. The van der Waals surface area contributed by atoms with Crippen LogP contribution in [0.2, 0.25) is 0 Å². The fraction of sp³-hybridized carbons (Fsp3) is 0.400. The van der Waals surface area contributed by atoms with Crippen LogP contribution < -0.4 is 10.2 Å². The van der Waals surface area contributed by atoms with E-state index in [-0.39, 0.29) is 11.6 Å². The Kier molecular flexibility index (Phi) is 3.17. The van der Waals surface area contributed by atoms with Crippen LogP contribution in [0.1, 0.15) is 6.42 Å². The number of nitrogens with one attached hydrogen (secondary N) is 1. The summed E-state index contributed by atoms with van der Waals surface area (Å²) in [6.45, 7) is 1.46. The number of anilines is 1. The quantitative estimate of drug-likeness (QED) is 0.590.